The summed E-state index contributed by atoms with van der Waals surface area (Å²) in [6.07, 6.45) is 5.14. The van der Waals surface area contributed by atoms with E-state index in [1.807, 2.05) is 6.92 Å². The molecule has 0 spiro atoms. The highest BCUT2D eigenvalue weighted by atomic mass is 16.4. The number of carboxylic acids is 1. The third kappa shape index (κ3) is 2.29. The zero-order valence-electron chi connectivity index (χ0n) is 12.0. The molecule has 0 aromatic rings. The quantitative estimate of drug-likeness (QED) is 0.843. The van der Waals surface area contributed by atoms with E-state index in [1.165, 1.54) is 32.5 Å². The highest BCUT2D eigenvalue weighted by Gasteiger charge is 2.44. The molecular formula is C15H26N2O2. The van der Waals surface area contributed by atoms with Crippen molar-refractivity contribution in [2.24, 2.45) is 11.3 Å². The first-order chi connectivity index (χ1) is 9.14. The summed E-state index contributed by atoms with van der Waals surface area (Å²) in [7, 11) is 0. The third-order valence-corrected chi connectivity index (χ3v) is 5.98. The molecule has 2 bridgehead atoms. The van der Waals surface area contributed by atoms with Crippen LogP contribution in [0, 0.1) is 11.3 Å². The first-order valence-corrected chi connectivity index (χ1v) is 7.84. The van der Waals surface area contributed by atoms with Gasteiger partial charge in [-0.15, -0.1) is 0 Å². The van der Waals surface area contributed by atoms with E-state index < -0.39 is 11.4 Å². The number of likely N-dealkylation sites (tertiary alicyclic amines) is 1. The number of hydrogen-bond acceptors (Lipinski definition) is 3. The van der Waals surface area contributed by atoms with Gasteiger partial charge in [0.25, 0.3) is 0 Å². The van der Waals surface area contributed by atoms with Crippen molar-refractivity contribution in [1.82, 2.24) is 9.80 Å². The summed E-state index contributed by atoms with van der Waals surface area (Å²) in [5.41, 5.74) is -0.440. The lowest BCUT2D eigenvalue weighted by Gasteiger charge is -2.51. The number of fused-ring (bicyclic) bond motifs is 3. The molecule has 1 atom stereocenters. The summed E-state index contributed by atoms with van der Waals surface area (Å²) in [5, 5.41) is 9.46. The Hall–Kier alpha value is -0.610. The molecule has 19 heavy (non-hydrogen) atoms. The van der Waals surface area contributed by atoms with Gasteiger partial charge in [-0.2, -0.15) is 0 Å². The van der Waals surface area contributed by atoms with Crippen molar-refractivity contribution in [3.05, 3.63) is 0 Å². The lowest BCUT2D eigenvalue weighted by molar-refractivity contribution is -0.153. The van der Waals surface area contributed by atoms with Crippen LogP contribution in [0.15, 0.2) is 0 Å². The molecule has 0 saturated carbocycles. The Bertz CT molecular complexity index is 342. The number of rotatable bonds is 3. The largest absolute Gasteiger partial charge is 0.481 e. The number of carboxylic acid groups (broad SMARTS) is 1. The first kappa shape index (κ1) is 13.4. The number of carbonyl (C=O) groups is 1. The van der Waals surface area contributed by atoms with Crippen LogP contribution in [-0.4, -0.2) is 59.6 Å². The van der Waals surface area contributed by atoms with Crippen molar-refractivity contribution < 1.29 is 9.90 Å². The van der Waals surface area contributed by atoms with Crippen LogP contribution in [-0.2, 0) is 4.79 Å². The van der Waals surface area contributed by atoms with Gasteiger partial charge in [0.05, 0.1) is 5.41 Å². The topological polar surface area (TPSA) is 43.8 Å². The molecule has 108 valence electrons. The van der Waals surface area contributed by atoms with Gasteiger partial charge >= 0.3 is 5.97 Å². The lowest BCUT2D eigenvalue weighted by Crippen LogP contribution is -2.59. The van der Waals surface area contributed by atoms with E-state index in [4.69, 9.17) is 0 Å². The normalized spacial score (nSPS) is 38.3. The molecule has 4 rings (SSSR count). The zero-order chi connectivity index (χ0) is 13.5. The van der Waals surface area contributed by atoms with Crippen LogP contribution >= 0.6 is 0 Å². The Kier molecular flexibility index (Phi) is 3.56. The van der Waals surface area contributed by atoms with Gasteiger partial charge < -0.3 is 10.0 Å². The van der Waals surface area contributed by atoms with E-state index in [2.05, 4.69) is 9.80 Å². The van der Waals surface area contributed by atoms with Crippen LogP contribution in [0.2, 0.25) is 0 Å². The average molecular weight is 266 g/mol. The monoisotopic (exact) mass is 266 g/mol. The van der Waals surface area contributed by atoms with Crippen molar-refractivity contribution >= 4 is 5.97 Å². The maximum absolute atomic E-state index is 11.5. The summed E-state index contributed by atoms with van der Waals surface area (Å²) in [4.78, 5) is 16.7. The van der Waals surface area contributed by atoms with Gasteiger partial charge in [0.1, 0.15) is 0 Å². The molecule has 4 heterocycles. The van der Waals surface area contributed by atoms with E-state index in [0.29, 0.717) is 6.04 Å². The van der Waals surface area contributed by atoms with E-state index in [9.17, 15) is 9.90 Å². The molecule has 4 saturated heterocycles. The second kappa shape index (κ2) is 5.06. The number of piperidine rings is 4. The third-order valence-electron chi connectivity index (χ3n) is 5.98. The van der Waals surface area contributed by atoms with Crippen LogP contribution in [0.5, 0.6) is 0 Å². The molecule has 0 radical (unpaired) electrons. The SMILES string of the molecule is CCC1(C(=O)O)CCN(C2CN3CCC2CC3)CC1. The van der Waals surface area contributed by atoms with Crippen molar-refractivity contribution in [1.29, 1.82) is 0 Å². The number of nitrogens with zero attached hydrogens (tertiary/aromatic N) is 2. The van der Waals surface area contributed by atoms with Crippen LogP contribution < -0.4 is 0 Å². The molecule has 0 aromatic carbocycles. The molecule has 4 fully saturated rings. The van der Waals surface area contributed by atoms with Crippen LogP contribution in [0.25, 0.3) is 0 Å². The molecule has 0 aromatic heterocycles. The fourth-order valence-corrected chi connectivity index (χ4v) is 4.35. The molecular weight excluding hydrogens is 240 g/mol. The van der Waals surface area contributed by atoms with Gasteiger partial charge in [0.15, 0.2) is 0 Å². The lowest BCUT2D eigenvalue weighted by atomic mass is 9.74. The standard InChI is InChI=1S/C15H26N2O2/c1-2-15(14(18)19)5-9-17(10-6-15)13-11-16-7-3-12(13)4-8-16/h12-13H,2-11H2,1H3,(H,18,19). The number of aliphatic carboxylic acids is 1. The molecule has 0 amide bonds. The summed E-state index contributed by atoms with van der Waals surface area (Å²) in [6.45, 7) is 7.77. The van der Waals surface area contributed by atoms with Crippen LogP contribution in [0.4, 0.5) is 0 Å². The van der Waals surface area contributed by atoms with Gasteiger partial charge in [-0.3, -0.25) is 9.69 Å². The minimum absolute atomic E-state index is 0.440. The van der Waals surface area contributed by atoms with Gasteiger partial charge in [0, 0.05) is 12.6 Å². The van der Waals surface area contributed by atoms with Gasteiger partial charge in [-0.1, -0.05) is 6.92 Å². The van der Waals surface area contributed by atoms with Gasteiger partial charge in [-0.25, -0.2) is 0 Å². The molecule has 4 aliphatic heterocycles. The molecule has 1 N–H and O–H groups in total. The van der Waals surface area contributed by atoms with Crippen molar-refractivity contribution in [3.8, 4) is 0 Å². The second-order valence-electron chi connectivity index (χ2n) is 6.68. The van der Waals surface area contributed by atoms with Crippen LogP contribution in [0.3, 0.4) is 0 Å². The highest BCUT2D eigenvalue weighted by molar-refractivity contribution is 5.74. The molecule has 4 aliphatic rings. The highest BCUT2D eigenvalue weighted by Crippen LogP contribution is 2.38. The number of hydrogen-bond donors (Lipinski definition) is 1. The maximum Gasteiger partial charge on any atom is 0.309 e. The first-order valence-electron chi connectivity index (χ1n) is 7.84. The Morgan fingerprint density at radius 2 is 1.84 bits per heavy atom. The summed E-state index contributed by atoms with van der Waals surface area (Å²) < 4.78 is 0. The smallest absolute Gasteiger partial charge is 0.309 e. The summed E-state index contributed by atoms with van der Waals surface area (Å²) >= 11 is 0. The Morgan fingerprint density at radius 3 is 2.26 bits per heavy atom. The molecule has 1 unspecified atom stereocenters. The second-order valence-corrected chi connectivity index (χ2v) is 6.68. The predicted molar refractivity (Wildman–Crippen MR) is 74.1 cm³/mol. The van der Waals surface area contributed by atoms with E-state index >= 15 is 0 Å². The fraction of sp³-hybridized carbons (Fsp3) is 0.933. The van der Waals surface area contributed by atoms with E-state index in [0.717, 1.165) is 38.3 Å². The zero-order valence-corrected chi connectivity index (χ0v) is 12.0. The van der Waals surface area contributed by atoms with E-state index in [1.54, 1.807) is 0 Å². The predicted octanol–water partition coefficient (Wildman–Crippen LogP) is 1.66. The fourth-order valence-electron chi connectivity index (χ4n) is 4.35. The summed E-state index contributed by atoms with van der Waals surface area (Å²) in [6, 6.07) is 0.700. The van der Waals surface area contributed by atoms with Gasteiger partial charge in [0.2, 0.25) is 0 Å². The van der Waals surface area contributed by atoms with Crippen molar-refractivity contribution in [2.45, 2.75) is 45.1 Å². The van der Waals surface area contributed by atoms with Crippen molar-refractivity contribution in [3.63, 3.8) is 0 Å². The Balaban J connectivity index is 1.62. The molecule has 4 nitrogen and oxygen atoms in total. The van der Waals surface area contributed by atoms with Crippen molar-refractivity contribution in [2.75, 3.05) is 32.7 Å². The maximum atomic E-state index is 11.5. The summed E-state index contributed by atoms with van der Waals surface area (Å²) in [5.74, 6) is 0.285. The molecule has 4 heteroatoms. The minimum Gasteiger partial charge on any atom is -0.481 e. The Morgan fingerprint density at radius 1 is 1.21 bits per heavy atom. The minimum atomic E-state index is -0.580. The van der Waals surface area contributed by atoms with Gasteiger partial charge in [-0.05, 0) is 64.2 Å². The Labute approximate surface area is 115 Å². The van der Waals surface area contributed by atoms with E-state index in [-0.39, 0.29) is 0 Å². The average Bonchev–Trinajstić information content (AvgIpc) is 2.48. The molecule has 0 aliphatic carbocycles. The van der Waals surface area contributed by atoms with Crippen LogP contribution in [0.1, 0.15) is 39.0 Å².